The van der Waals surface area contributed by atoms with E-state index in [0.29, 0.717) is 11.4 Å². The molecule has 1 N–H and O–H groups in total. The number of carboxylic acids is 1. The number of likely N-dealkylation sites (N-methyl/N-ethyl adjacent to an activating group) is 1. The van der Waals surface area contributed by atoms with Crippen molar-refractivity contribution in [2.75, 3.05) is 6.54 Å². The van der Waals surface area contributed by atoms with Gasteiger partial charge in [-0.3, -0.25) is 14.5 Å². The van der Waals surface area contributed by atoms with E-state index in [9.17, 15) is 14.4 Å². The van der Waals surface area contributed by atoms with Gasteiger partial charge in [0.2, 0.25) is 0 Å². The van der Waals surface area contributed by atoms with Crippen LogP contribution in [-0.4, -0.2) is 33.7 Å². The first-order valence-electron chi connectivity index (χ1n) is 7.17. The molecule has 0 radical (unpaired) electrons. The highest BCUT2D eigenvalue weighted by Crippen LogP contribution is 2.34. The first-order chi connectivity index (χ1) is 11.5. The maximum absolute atomic E-state index is 12.1. The molecule has 1 aliphatic heterocycles. The molecule has 0 aliphatic carbocycles. The minimum atomic E-state index is -0.972. The molecule has 0 bridgehead atoms. The van der Waals surface area contributed by atoms with Crippen LogP contribution < -0.4 is 0 Å². The summed E-state index contributed by atoms with van der Waals surface area (Å²) in [5, 5.41) is 10.7. The second-order valence-corrected chi connectivity index (χ2v) is 6.99. The molecular formula is C17H13NO4S2. The van der Waals surface area contributed by atoms with Crippen molar-refractivity contribution in [3.63, 3.8) is 0 Å². The normalized spacial score (nSPS) is 16.2. The van der Waals surface area contributed by atoms with Crippen LogP contribution in [0.2, 0.25) is 0 Å². The zero-order valence-electron chi connectivity index (χ0n) is 12.7. The predicted octanol–water partition coefficient (Wildman–Crippen LogP) is 4.17. The average molecular weight is 359 g/mol. The Kier molecular flexibility index (Phi) is 4.55. The third kappa shape index (κ3) is 3.13. The van der Waals surface area contributed by atoms with Gasteiger partial charge in [0.15, 0.2) is 0 Å². The SMILES string of the molecule is CCN1C(=O)S/C(=C\c2cc(-c3cccc(C(=O)O)c3)cs2)C1=O. The minimum absolute atomic E-state index is 0.226. The fraction of sp³-hybridized carbons (Fsp3) is 0.118. The van der Waals surface area contributed by atoms with E-state index in [2.05, 4.69) is 0 Å². The van der Waals surface area contributed by atoms with Gasteiger partial charge in [-0.25, -0.2) is 4.79 Å². The predicted molar refractivity (Wildman–Crippen MR) is 95.1 cm³/mol. The van der Waals surface area contributed by atoms with Crippen molar-refractivity contribution in [1.82, 2.24) is 4.90 Å². The fourth-order valence-corrected chi connectivity index (χ4v) is 4.13. The van der Waals surface area contributed by atoms with Crippen molar-refractivity contribution in [1.29, 1.82) is 0 Å². The molecule has 1 aromatic heterocycles. The smallest absolute Gasteiger partial charge is 0.335 e. The zero-order chi connectivity index (χ0) is 17.3. The number of imide groups is 1. The highest BCUT2D eigenvalue weighted by atomic mass is 32.2. The molecule has 122 valence electrons. The maximum Gasteiger partial charge on any atom is 0.335 e. The summed E-state index contributed by atoms with van der Waals surface area (Å²) in [6.07, 6.45) is 1.70. The Hall–Kier alpha value is -2.38. The summed E-state index contributed by atoms with van der Waals surface area (Å²) in [6, 6.07) is 8.57. The molecule has 24 heavy (non-hydrogen) atoms. The third-order valence-corrected chi connectivity index (χ3v) is 5.31. The lowest BCUT2D eigenvalue weighted by Gasteiger charge is -2.06. The molecule has 5 nitrogen and oxygen atoms in total. The lowest BCUT2D eigenvalue weighted by atomic mass is 10.1. The van der Waals surface area contributed by atoms with Gasteiger partial charge in [0, 0.05) is 11.4 Å². The van der Waals surface area contributed by atoms with E-state index in [-0.39, 0.29) is 16.7 Å². The molecule has 0 unspecified atom stereocenters. The molecule has 0 spiro atoms. The number of rotatable bonds is 4. The summed E-state index contributed by atoms with van der Waals surface area (Å²) in [5.74, 6) is -1.24. The number of benzene rings is 1. The molecule has 1 aliphatic rings. The van der Waals surface area contributed by atoms with E-state index in [1.54, 1.807) is 31.2 Å². The number of carboxylic acid groups (broad SMARTS) is 1. The van der Waals surface area contributed by atoms with Gasteiger partial charge in [0.1, 0.15) is 0 Å². The van der Waals surface area contributed by atoms with Crippen molar-refractivity contribution in [2.45, 2.75) is 6.92 Å². The number of thioether (sulfide) groups is 1. The van der Waals surface area contributed by atoms with E-state index in [4.69, 9.17) is 5.11 Å². The minimum Gasteiger partial charge on any atom is -0.478 e. The Morgan fingerprint density at radius 1 is 1.25 bits per heavy atom. The van der Waals surface area contributed by atoms with Crippen molar-refractivity contribution >= 4 is 46.3 Å². The number of nitrogens with zero attached hydrogens (tertiary/aromatic N) is 1. The van der Waals surface area contributed by atoms with E-state index in [1.165, 1.54) is 16.2 Å². The summed E-state index contributed by atoms with van der Waals surface area (Å²) < 4.78 is 0. The molecule has 3 rings (SSSR count). The number of thiophene rings is 1. The molecule has 1 fully saturated rings. The second-order valence-electron chi connectivity index (χ2n) is 5.05. The number of hydrogen-bond acceptors (Lipinski definition) is 5. The van der Waals surface area contributed by atoms with Gasteiger partial charge >= 0.3 is 5.97 Å². The maximum atomic E-state index is 12.1. The second kappa shape index (κ2) is 6.62. The molecule has 7 heteroatoms. The lowest BCUT2D eigenvalue weighted by molar-refractivity contribution is -0.122. The van der Waals surface area contributed by atoms with Crippen LogP contribution in [0.15, 0.2) is 40.6 Å². The molecule has 0 atom stereocenters. The standard InChI is InChI=1S/C17H13NO4S2/c1-2-18-15(19)14(24-17(18)22)8-13-7-12(9-23-13)10-4-3-5-11(6-10)16(20)21/h3-9H,2H2,1H3,(H,20,21)/b14-8-. The van der Waals surface area contributed by atoms with Crippen LogP contribution in [0.25, 0.3) is 17.2 Å². The van der Waals surface area contributed by atoms with Crippen LogP contribution in [0, 0.1) is 0 Å². The van der Waals surface area contributed by atoms with Gasteiger partial charge in [-0.2, -0.15) is 0 Å². The van der Waals surface area contributed by atoms with Crippen LogP contribution in [0.1, 0.15) is 22.2 Å². The van der Waals surface area contributed by atoms with E-state index in [0.717, 1.165) is 27.8 Å². The average Bonchev–Trinajstić information content (AvgIpc) is 3.13. The van der Waals surface area contributed by atoms with Crippen molar-refractivity contribution in [3.05, 3.63) is 51.1 Å². The van der Waals surface area contributed by atoms with Crippen LogP contribution in [-0.2, 0) is 4.79 Å². The number of aromatic carboxylic acids is 1. The Balaban J connectivity index is 1.88. The van der Waals surface area contributed by atoms with Gasteiger partial charge < -0.3 is 5.11 Å². The number of carbonyl (C=O) groups is 3. The molecule has 2 heterocycles. The summed E-state index contributed by atoms with van der Waals surface area (Å²) in [7, 11) is 0. The Bertz CT molecular complexity index is 869. The van der Waals surface area contributed by atoms with E-state index >= 15 is 0 Å². The third-order valence-electron chi connectivity index (χ3n) is 3.53. The summed E-state index contributed by atoms with van der Waals surface area (Å²) >= 11 is 2.38. The van der Waals surface area contributed by atoms with Crippen LogP contribution in [0.4, 0.5) is 4.79 Å². The van der Waals surface area contributed by atoms with Crippen molar-refractivity contribution in [2.24, 2.45) is 0 Å². The first-order valence-corrected chi connectivity index (χ1v) is 8.87. The van der Waals surface area contributed by atoms with Gasteiger partial charge in [-0.05, 0) is 59.5 Å². The highest BCUT2D eigenvalue weighted by Gasteiger charge is 2.33. The summed E-state index contributed by atoms with van der Waals surface area (Å²) in [5.41, 5.74) is 1.90. The summed E-state index contributed by atoms with van der Waals surface area (Å²) in [6.45, 7) is 2.12. The fourth-order valence-electron chi connectivity index (χ4n) is 2.31. The Labute approximate surface area is 146 Å². The number of amides is 2. The number of hydrogen-bond donors (Lipinski definition) is 1. The topological polar surface area (TPSA) is 74.7 Å². The molecular weight excluding hydrogens is 346 g/mol. The summed E-state index contributed by atoms with van der Waals surface area (Å²) in [4.78, 5) is 37.3. The molecule has 2 amide bonds. The molecule has 2 aromatic rings. The Morgan fingerprint density at radius 3 is 2.71 bits per heavy atom. The monoisotopic (exact) mass is 359 g/mol. The van der Waals surface area contributed by atoms with E-state index < -0.39 is 5.97 Å². The van der Waals surface area contributed by atoms with Gasteiger partial charge in [-0.15, -0.1) is 11.3 Å². The quantitative estimate of drug-likeness (QED) is 0.829. The Morgan fingerprint density at radius 2 is 2.04 bits per heavy atom. The van der Waals surface area contributed by atoms with E-state index in [1.807, 2.05) is 17.5 Å². The number of carbonyl (C=O) groups excluding carboxylic acids is 2. The largest absolute Gasteiger partial charge is 0.478 e. The van der Waals surface area contributed by atoms with Crippen LogP contribution >= 0.6 is 23.1 Å². The van der Waals surface area contributed by atoms with Crippen molar-refractivity contribution in [3.8, 4) is 11.1 Å². The van der Waals surface area contributed by atoms with Gasteiger partial charge in [0.25, 0.3) is 11.1 Å². The van der Waals surface area contributed by atoms with Crippen LogP contribution in [0.3, 0.4) is 0 Å². The van der Waals surface area contributed by atoms with Crippen molar-refractivity contribution < 1.29 is 19.5 Å². The highest BCUT2D eigenvalue weighted by molar-refractivity contribution is 8.18. The first kappa shape index (κ1) is 16.5. The lowest BCUT2D eigenvalue weighted by Crippen LogP contribution is -2.27. The molecule has 0 saturated carbocycles. The van der Waals surface area contributed by atoms with Gasteiger partial charge in [0.05, 0.1) is 10.5 Å². The van der Waals surface area contributed by atoms with Crippen LogP contribution in [0.5, 0.6) is 0 Å². The zero-order valence-corrected chi connectivity index (χ0v) is 14.3. The molecule has 1 aromatic carbocycles. The molecule has 1 saturated heterocycles. The van der Waals surface area contributed by atoms with Gasteiger partial charge in [-0.1, -0.05) is 12.1 Å².